The summed E-state index contributed by atoms with van der Waals surface area (Å²) >= 11 is 0. The number of ether oxygens (including phenoxy) is 1. The van der Waals surface area contributed by atoms with Crippen molar-refractivity contribution >= 4 is 5.91 Å². The van der Waals surface area contributed by atoms with Crippen molar-refractivity contribution in [3.05, 3.63) is 48.3 Å². The Balaban J connectivity index is 1.43. The Kier molecular flexibility index (Phi) is 5.29. The number of piperidine rings is 1. The maximum Gasteiger partial charge on any atom is 0.226 e. The number of amides is 1. The molecule has 0 spiro atoms. The summed E-state index contributed by atoms with van der Waals surface area (Å²) in [6, 6.07) is 11.6. The van der Waals surface area contributed by atoms with E-state index in [1.807, 2.05) is 41.3 Å². The van der Waals surface area contributed by atoms with Crippen LogP contribution in [0.4, 0.5) is 0 Å². The molecule has 1 aromatic heterocycles. The van der Waals surface area contributed by atoms with Crippen molar-refractivity contribution in [1.82, 2.24) is 15.1 Å². The lowest BCUT2D eigenvalue weighted by atomic mass is 9.93. The molecule has 5 nitrogen and oxygen atoms in total. The minimum absolute atomic E-state index is 0.190. The summed E-state index contributed by atoms with van der Waals surface area (Å²) in [5.41, 5.74) is 1.15. The van der Waals surface area contributed by atoms with Gasteiger partial charge in [0.05, 0.1) is 13.0 Å². The molecule has 1 fully saturated rings. The SMILES string of the molecule is O=C(CCOc1ccccc1)N1CCCC(Cc2ccn[nH]2)C1. The van der Waals surface area contributed by atoms with Crippen molar-refractivity contribution in [2.24, 2.45) is 5.92 Å². The first kappa shape index (κ1) is 15.6. The van der Waals surface area contributed by atoms with E-state index in [0.717, 1.165) is 37.4 Å². The van der Waals surface area contributed by atoms with E-state index in [9.17, 15) is 4.79 Å². The van der Waals surface area contributed by atoms with E-state index >= 15 is 0 Å². The van der Waals surface area contributed by atoms with Crippen molar-refractivity contribution in [1.29, 1.82) is 0 Å². The quantitative estimate of drug-likeness (QED) is 0.892. The number of rotatable bonds is 6. The number of aromatic amines is 1. The van der Waals surface area contributed by atoms with Gasteiger partial charge in [0.25, 0.3) is 0 Å². The monoisotopic (exact) mass is 313 g/mol. The zero-order valence-corrected chi connectivity index (χ0v) is 13.3. The van der Waals surface area contributed by atoms with Gasteiger partial charge in [-0.2, -0.15) is 5.10 Å². The van der Waals surface area contributed by atoms with E-state index in [1.165, 1.54) is 6.42 Å². The van der Waals surface area contributed by atoms with Gasteiger partial charge in [0.1, 0.15) is 5.75 Å². The first-order valence-electron chi connectivity index (χ1n) is 8.25. The third-order valence-electron chi connectivity index (χ3n) is 4.27. The Labute approximate surface area is 136 Å². The van der Waals surface area contributed by atoms with Gasteiger partial charge in [0.15, 0.2) is 0 Å². The van der Waals surface area contributed by atoms with E-state index in [0.29, 0.717) is 18.9 Å². The summed E-state index contributed by atoms with van der Waals surface area (Å²) in [5, 5.41) is 7.00. The largest absolute Gasteiger partial charge is 0.493 e. The molecule has 2 heterocycles. The molecule has 0 saturated carbocycles. The summed E-state index contributed by atoms with van der Waals surface area (Å²) in [4.78, 5) is 14.3. The van der Waals surface area contributed by atoms with Crippen LogP contribution in [0.5, 0.6) is 5.75 Å². The van der Waals surface area contributed by atoms with E-state index in [1.54, 1.807) is 6.20 Å². The minimum atomic E-state index is 0.190. The highest BCUT2D eigenvalue weighted by atomic mass is 16.5. The number of nitrogens with zero attached hydrogens (tertiary/aromatic N) is 2. The maximum absolute atomic E-state index is 12.4. The Morgan fingerprint density at radius 1 is 1.30 bits per heavy atom. The van der Waals surface area contributed by atoms with E-state index < -0.39 is 0 Å². The predicted octanol–water partition coefficient (Wildman–Crippen LogP) is 2.66. The first-order valence-corrected chi connectivity index (χ1v) is 8.25. The van der Waals surface area contributed by atoms with Crippen LogP contribution >= 0.6 is 0 Å². The lowest BCUT2D eigenvalue weighted by molar-refractivity contribution is -0.133. The number of aromatic nitrogens is 2. The Morgan fingerprint density at radius 2 is 2.17 bits per heavy atom. The molecule has 1 aliphatic rings. The molecule has 0 aliphatic carbocycles. The number of hydrogen-bond donors (Lipinski definition) is 1. The number of H-pyrrole nitrogens is 1. The molecule has 1 aromatic carbocycles. The molecule has 5 heteroatoms. The molecule has 1 atom stereocenters. The molecule has 122 valence electrons. The fourth-order valence-electron chi connectivity index (χ4n) is 3.10. The second kappa shape index (κ2) is 7.81. The van der Waals surface area contributed by atoms with Crippen molar-refractivity contribution in [3.63, 3.8) is 0 Å². The lowest BCUT2D eigenvalue weighted by Gasteiger charge is -2.32. The number of carbonyl (C=O) groups excluding carboxylic acids is 1. The molecule has 1 aliphatic heterocycles. The van der Waals surface area contributed by atoms with Crippen LogP contribution in [0.15, 0.2) is 42.6 Å². The predicted molar refractivity (Wildman–Crippen MR) is 88.1 cm³/mol. The fourth-order valence-corrected chi connectivity index (χ4v) is 3.10. The molecule has 23 heavy (non-hydrogen) atoms. The van der Waals surface area contributed by atoms with Gasteiger partial charge in [-0.15, -0.1) is 0 Å². The molecule has 1 amide bonds. The van der Waals surface area contributed by atoms with Gasteiger partial charge in [-0.3, -0.25) is 9.89 Å². The fraction of sp³-hybridized carbons (Fsp3) is 0.444. The van der Waals surface area contributed by atoms with Crippen LogP contribution in [0.25, 0.3) is 0 Å². The smallest absolute Gasteiger partial charge is 0.226 e. The van der Waals surface area contributed by atoms with Gasteiger partial charge in [-0.1, -0.05) is 18.2 Å². The van der Waals surface area contributed by atoms with E-state index in [2.05, 4.69) is 10.2 Å². The number of likely N-dealkylation sites (tertiary alicyclic amines) is 1. The second-order valence-electron chi connectivity index (χ2n) is 6.05. The van der Waals surface area contributed by atoms with Crippen LogP contribution in [0.1, 0.15) is 25.0 Å². The molecule has 3 rings (SSSR count). The summed E-state index contributed by atoms with van der Waals surface area (Å²) in [7, 11) is 0. The van der Waals surface area contributed by atoms with Gasteiger partial charge in [-0.25, -0.2) is 0 Å². The number of carbonyl (C=O) groups is 1. The molecule has 1 N–H and O–H groups in total. The zero-order valence-electron chi connectivity index (χ0n) is 13.3. The third-order valence-corrected chi connectivity index (χ3v) is 4.27. The highest BCUT2D eigenvalue weighted by Gasteiger charge is 2.23. The van der Waals surface area contributed by atoms with Crippen molar-refractivity contribution in [2.75, 3.05) is 19.7 Å². The molecular formula is C18H23N3O2. The average molecular weight is 313 g/mol. The third kappa shape index (κ3) is 4.58. The highest BCUT2D eigenvalue weighted by Crippen LogP contribution is 2.20. The Morgan fingerprint density at radius 3 is 2.96 bits per heavy atom. The van der Waals surface area contributed by atoms with E-state index in [-0.39, 0.29) is 5.91 Å². The van der Waals surface area contributed by atoms with Crippen LogP contribution < -0.4 is 4.74 Å². The topological polar surface area (TPSA) is 58.2 Å². The van der Waals surface area contributed by atoms with Crippen LogP contribution in [-0.4, -0.2) is 40.7 Å². The van der Waals surface area contributed by atoms with Gasteiger partial charge < -0.3 is 9.64 Å². The van der Waals surface area contributed by atoms with Gasteiger partial charge in [0, 0.05) is 25.0 Å². The van der Waals surface area contributed by atoms with E-state index in [4.69, 9.17) is 4.74 Å². The normalized spacial score (nSPS) is 17.9. The molecule has 0 bridgehead atoms. The molecule has 1 saturated heterocycles. The van der Waals surface area contributed by atoms with Gasteiger partial charge in [0.2, 0.25) is 5.91 Å². The highest BCUT2D eigenvalue weighted by molar-refractivity contribution is 5.76. The molecule has 2 aromatic rings. The number of para-hydroxylation sites is 1. The number of benzene rings is 1. The van der Waals surface area contributed by atoms with Crippen molar-refractivity contribution in [2.45, 2.75) is 25.7 Å². The molecule has 0 radical (unpaired) electrons. The number of nitrogens with one attached hydrogen (secondary N) is 1. The summed E-state index contributed by atoms with van der Waals surface area (Å²) < 4.78 is 5.62. The summed E-state index contributed by atoms with van der Waals surface area (Å²) in [6.07, 6.45) is 5.42. The van der Waals surface area contributed by atoms with Crippen molar-refractivity contribution in [3.8, 4) is 5.75 Å². The maximum atomic E-state index is 12.4. The zero-order chi connectivity index (χ0) is 15.9. The molecule has 1 unspecified atom stereocenters. The van der Waals surface area contributed by atoms with Crippen LogP contribution in [0.2, 0.25) is 0 Å². The Hall–Kier alpha value is -2.30. The van der Waals surface area contributed by atoms with Crippen LogP contribution in [-0.2, 0) is 11.2 Å². The Bertz CT molecular complexity index is 598. The van der Waals surface area contributed by atoms with Crippen molar-refractivity contribution < 1.29 is 9.53 Å². The first-order chi connectivity index (χ1) is 11.3. The number of hydrogen-bond acceptors (Lipinski definition) is 3. The van der Waals surface area contributed by atoms with Gasteiger partial charge in [-0.05, 0) is 43.4 Å². The second-order valence-corrected chi connectivity index (χ2v) is 6.05. The lowest BCUT2D eigenvalue weighted by Crippen LogP contribution is -2.41. The standard InChI is InChI=1S/C18H23N3O2/c22-18(9-12-23-17-6-2-1-3-7-17)21-11-4-5-15(14-21)13-16-8-10-19-20-16/h1-3,6-8,10,15H,4-5,9,11-14H2,(H,19,20). The van der Waals surface area contributed by atoms with Crippen LogP contribution in [0, 0.1) is 5.92 Å². The van der Waals surface area contributed by atoms with Crippen LogP contribution in [0.3, 0.4) is 0 Å². The minimum Gasteiger partial charge on any atom is -0.493 e. The summed E-state index contributed by atoms with van der Waals surface area (Å²) in [5.74, 6) is 1.52. The van der Waals surface area contributed by atoms with Gasteiger partial charge >= 0.3 is 0 Å². The average Bonchev–Trinajstić information content (AvgIpc) is 3.09. The molecular weight excluding hydrogens is 290 g/mol. The summed E-state index contributed by atoms with van der Waals surface area (Å²) in [6.45, 7) is 2.14.